The minimum Gasteiger partial charge on any atom is -0.363 e. The Kier molecular flexibility index (Phi) is 4.97. The predicted octanol–water partition coefficient (Wildman–Crippen LogP) is 5.34. The van der Waals surface area contributed by atoms with E-state index in [-0.39, 0.29) is 22.2 Å². The smallest absolute Gasteiger partial charge is 0.261 e. The van der Waals surface area contributed by atoms with E-state index < -0.39 is 22.9 Å². The molecule has 1 atom stereocenters. The number of aromatic amines is 1. The van der Waals surface area contributed by atoms with Crippen molar-refractivity contribution in [2.75, 3.05) is 10.2 Å². The molecule has 4 aromatic rings. The number of hydrogen-bond acceptors (Lipinski definition) is 4. The van der Waals surface area contributed by atoms with Crippen LogP contribution in [-0.4, -0.2) is 26.9 Å². The first-order valence-corrected chi connectivity index (χ1v) is 12.0. The summed E-state index contributed by atoms with van der Waals surface area (Å²) in [5.74, 6) is -1.16. The number of halogens is 2. The van der Waals surface area contributed by atoms with Crippen LogP contribution in [0.3, 0.4) is 0 Å². The van der Waals surface area contributed by atoms with Gasteiger partial charge in [0.2, 0.25) is 11.9 Å². The molecule has 0 spiro atoms. The number of carbonyl (C=O) groups is 2. The first kappa shape index (κ1) is 22.7. The zero-order valence-electron chi connectivity index (χ0n) is 19.3. The number of H-pyrrole nitrogens is 1. The van der Waals surface area contributed by atoms with E-state index in [9.17, 15) is 14.7 Å². The number of imidazole rings is 1. The van der Waals surface area contributed by atoms with Crippen LogP contribution >= 0.6 is 11.6 Å². The van der Waals surface area contributed by atoms with Crippen LogP contribution in [0.2, 0.25) is 5.02 Å². The number of carbonyl (C=O) groups excluding carboxylic acids is 2. The lowest BCUT2D eigenvalue weighted by atomic mass is 9.70. The molecular formula is C27H22ClFN4O3. The second-order valence-electron chi connectivity index (χ2n) is 9.62. The molecule has 2 aliphatic rings. The van der Waals surface area contributed by atoms with Crippen LogP contribution in [0.5, 0.6) is 0 Å². The highest BCUT2D eigenvalue weighted by molar-refractivity contribution is 6.31. The lowest BCUT2D eigenvalue weighted by molar-refractivity contribution is -0.128. The van der Waals surface area contributed by atoms with Gasteiger partial charge < -0.3 is 10.1 Å². The van der Waals surface area contributed by atoms with Crippen molar-refractivity contribution in [3.8, 4) is 0 Å². The fourth-order valence-electron chi connectivity index (χ4n) is 5.07. The first-order valence-electron chi connectivity index (χ1n) is 11.6. The van der Waals surface area contributed by atoms with Crippen molar-refractivity contribution in [3.05, 3.63) is 88.2 Å². The molecule has 3 N–H and O–H groups in total. The maximum absolute atomic E-state index is 15.1. The van der Waals surface area contributed by atoms with Crippen molar-refractivity contribution in [1.29, 1.82) is 0 Å². The Balaban J connectivity index is 1.46. The Morgan fingerprint density at radius 3 is 2.69 bits per heavy atom. The first-order chi connectivity index (χ1) is 17.2. The summed E-state index contributed by atoms with van der Waals surface area (Å²) in [5, 5.41) is 14.8. The Morgan fingerprint density at radius 2 is 1.94 bits per heavy atom. The summed E-state index contributed by atoms with van der Waals surface area (Å²) in [6.45, 7) is 1.93. The monoisotopic (exact) mass is 504 g/mol. The summed E-state index contributed by atoms with van der Waals surface area (Å²) >= 11 is 6.02. The van der Waals surface area contributed by atoms with Crippen LogP contribution in [0.15, 0.2) is 60.7 Å². The number of nitrogens with one attached hydrogen (secondary N) is 2. The molecule has 1 fully saturated rings. The third kappa shape index (κ3) is 3.18. The molecule has 2 heterocycles. The fourth-order valence-corrected chi connectivity index (χ4v) is 5.24. The fraction of sp³-hybridized carbons (Fsp3) is 0.222. The molecule has 36 heavy (non-hydrogen) atoms. The van der Waals surface area contributed by atoms with E-state index in [2.05, 4.69) is 15.3 Å². The molecule has 3 aromatic carbocycles. The van der Waals surface area contributed by atoms with E-state index in [1.54, 1.807) is 42.5 Å². The lowest BCUT2D eigenvalue weighted by Crippen LogP contribution is -2.45. The number of amides is 2. The van der Waals surface area contributed by atoms with Gasteiger partial charge in [0.05, 0.1) is 21.7 Å². The summed E-state index contributed by atoms with van der Waals surface area (Å²) in [5.41, 5.74) is -0.549. The molecule has 182 valence electrons. The predicted molar refractivity (Wildman–Crippen MR) is 134 cm³/mol. The van der Waals surface area contributed by atoms with Gasteiger partial charge in [0.15, 0.2) is 11.5 Å². The maximum atomic E-state index is 15.1. The van der Waals surface area contributed by atoms with Crippen LogP contribution < -0.4 is 10.2 Å². The number of rotatable bonds is 4. The number of benzene rings is 3. The van der Waals surface area contributed by atoms with E-state index in [0.717, 1.165) is 24.2 Å². The molecule has 1 saturated carbocycles. The molecule has 1 aliphatic carbocycles. The lowest BCUT2D eigenvalue weighted by Gasteiger charge is -2.36. The quantitative estimate of drug-likeness (QED) is 0.349. The maximum Gasteiger partial charge on any atom is 0.261 e. The van der Waals surface area contributed by atoms with E-state index >= 15 is 4.39 Å². The van der Waals surface area contributed by atoms with Gasteiger partial charge in [-0.05, 0) is 43.2 Å². The Hall–Kier alpha value is -3.75. The second-order valence-corrected chi connectivity index (χ2v) is 10.0. The second kappa shape index (κ2) is 7.88. The van der Waals surface area contributed by atoms with Gasteiger partial charge in [-0.15, -0.1) is 0 Å². The van der Waals surface area contributed by atoms with Crippen molar-refractivity contribution in [2.45, 2.75) is 31.9 Å². The van der Waals surface area contributed by atoms with Gasteiger partial charge in [-0.3, -0.25) is 19.8 Å². The van der Waals surface area contributed by atoms with E-state index in [0.29, 0.717) is 28.1 Å². The third-order valence-electron chi connectivity index (χ3n) is 7.35. The van der Waals surface area contributed by atoms with Crippen LogP contribution in [0, 0.1) is 11.2 Å². The van der Waals surface area contributed by atoms with Gasteiger partial charge >= 0.3 is 0 Å². The van der Waals surface area contributed by atoms with Crippen LogP contribution in [0.1, 0.15) is 47.7 Å². The normalized spacial score (nSPS) is 20.3. The molecule has 1 aliphatic heterocycles. The minimum atomic E-state index is -2.01. The molecule has 6 rings (SSSR count). The highest BCUT2D eigenvalue weighted by atomic mass is 35.5. The van der Waals surface area contributed by atoms with Gasteiger partial charge in [-0.1, -0.05) is 55.3 Å². The van der Waals surface area contributed by atoms with Crippen LogP contribution in [0.25, 0.3) is 11.0 Å². The highest BCUT2D eigenvalue weighted by Gasteiger charge is 2.51. The van der Waals surface area contributed by atoms with Crippen molar-refractivity contribution >= 4 is 46.1 Å². The van der Waals surface area contributed by atoms with Crippen LogP contribution in [0.4, 0.5) is 16.0 Å². The number of hydrogen-bond donors (Lipinski definition) is 3. The largest absolute Gasteiger partial charge is 0.363 e. The van der Waals surface area contributed by atoms with Gasteiger partial charge in [0, 0.05) is 22.1 Å². The molecule has 1 unspecified atom stereocenters. The van der Waals surface area contributed by atoms with Crippen molar-refractivity contribution in [3.63, 3.8) is 0 Å². The van der Waals surface area contributed by atoms with Gasteiger partial charge in [-0.25, -0.2) is 9.37 Å². The Bertz CT molecular complexity index is 1560. The Morgan fingerprint density at radius 1 is 1.17 bits per heavy atom. The number of nitrogens with zero attached hydrogens (tertiary/aromatic N) is 2. The molecule has 0 radical (unpaired) electrons. The van der Waals surface area contributed by atoms with Crippen molar-refractivity contribution in [1.82, 2.24) is 9.97 Å². The summed E-state index contributed by atoms with van der Waals surface area (Å²) in [7, 11) is 0. The number of fused-ring (bicyclic) bond motifs is 2. The van der Waals surface area contributed by atoms with Crippen LogP contribution in [-0.2, 0) is 10.5 Å². The summed E-state index contributed by atoms with van der Waals surface area (Å²) in [6.07, 6.45) is 2.69. The number of aliphatic hydroxyl groups is 1. The summed E-state index contributed by atoms with van der Waals surface area (Å²) in [6, 6.07) is 15.9. The molecule has 1 aromatic heterocycles. The molecule has 2 amide bonds. The molecule has 7 nitrogen and oxygen atoms in total. The third-order valence-corrected chi connectivity index (χ3v) is 7.65. The molecule has 9 heteroatoms. The molecule has 0 saturated heterocycles. The summed E-state index contributed by atoms with van der Waals surface area (Å²) < 4.78 is 15.1. The minimum absolute atomic E-state index is 0.0930. The SMILES string of the molecule is CC1(C(=O)Nc2nc3ccc(C4(O)c5ccccc5C(=O)N4c4cccc(Cl)c4F)cc3[nH]2)CCC1. The number of anilines is 2. The Labute approximate surface area is 210 Å². The van der Waals surface area contributed by atoms with Crippen molar-refractivity contribution in [2.24, 2.45) is 5.41 Å². The standard InChI is InChI=1S/C27H22ClFN4O3/c1-26(12-5-13-26)24(35)32-25-30-19-11-10-15(14-20(19)31-25)27(36)17-7-3-2-6-16(17)23(34)33(27)21-9-4-8-18(28)22(21)29/h2-4,6-11,14,36H,5,12-13H2,1H3,(H2,30,31,32,35). The zero-order chi connectivity index (χ0) is 25.2. The van der Waals surface area contributed by atoms with E-state index in [1.807, 2.05) is 6.92 Å². The van der Waals surface area contributed by atoms with Gasteiger partial charge in [-0.2, -0.15) is 0 Å². The van der Waals surface area contributed by atoms with Gasteiger partial charge in [0.25, 0.3) is 5.91 Å². The van der Waals surface area contributed by atoms with E-state index in [4.69, 9.17) is 11.6 Å². The van der Waals surface area contributed by atoms with Gasteiger partial charge in [0.1, 0.15) is 0 Å². The average Bonchev–Trinajstić information content (AvgIpc) is 3.35. The zero-order valence-corrected chi connectivity index (χ0v) is 20.1. The topological polar surface area (TPSA) is 98.3 Å². The number of aromatic nitrogens is 2. The van der Waals surface area contributed by atoms with Crippen molar-refractivity contribution < 1.29 is 19.1 Å². The average molecular weight is 505 g/mol. The highest BCUT2D eigenvalue weighted by Crippen LogP contribution is 2.47. The molecule has 0 bridgehead atoms. The summed E-state index contributed by atoms with van der Waals surface area (Å²) in [4.78, 5) is 34.7. The molecular weight excluding hydrogens is 483 g/mol. The van der Waals surface area contributed by atoms with E-state index in [1.165, 1.54) is 18.2 Å².